The van der Waals surface area contributed by atoms with Crippen LogP contribution in [0.15, 0.2) is 10.6 Å². The molecule has 0 atom stereocenters. The minimum Gasteiger partial charge on any atom is -0.445 e. The highest BCUT2D eigenvalue weighted by atomic mass is 16.4. The molecular weight excluding hydrogens is 166 g/mol. The predicted octanol–water partition coefficient (Wildman–Crippen LogP) is 1.38. The van der Waals surface area contributed by atoms with Gasteiger partial charge in [0.1, 0.15) is 5.76 Å². The van der Waals surface area contributed by atoms with E-state index in [0.717, 1.165) is 18.7 Å². The molecule has 0 fully saturated rings. The van der Waals surface area contributed by atoms with Crippen molar-refractivity contribution in [2.24, 2.45) is 0 Å². The van der Waals surface area contributed by atoms with E-state index in [-0.39, 0.29) is 0 Å². The fraction of sp³-hybridized carbons (Fsp3) is 0.556. The molecule has 0 amide bonds. The summed E-state index contributed by atoms with van der Waals surface area (Å²) in [5, 5.41) is 11.4. The summed E-state index contributed by atoms with van der Waals surface area (Å²) in [4.78, 5) is 4.04. The monoisotopic (exact) mass is 179 g/mol. The number of aryl methyl sites for hydroxylation is 1. The molecule has 0 aliphatic carbocycles. The molecule has 0 aromatic carbocycles. The summed E-state index contributed by atoms with van der Waals surface area (Å²) in [6, 6.07) is 2.09. The second kappa shape index (κ2) is 5.33. The van der Waals surface area contributed by atoms with Gasteiger partial charge >= 0.3 is 0 Å². The molecule has 1 aromatic heterocycles. The fourth-order valence-electron chi connectivity index (χ4n) is 0.971. The SMILES string of the molecule is Cc1cnc(CNCCCC#N)o1. The summed E-state index contributed by atoms with van der Waals surface area (Å²) in [5.41, 5.74) is 0. The number of rotatable bonds is 5. The number of nitrogens with one attached hydrogen (secondary N) is 1. The van der Waals surface area contributed by atoms with E-state index < -0.39 is 0 Å². The van der Waals surface area contributed by atoms with Gasteiger partial charge in [0.05, 0.1) is 18.8 Å². The van der Waals surface area contributed by atoms with Gasteiger partial charge in [0.15, 0.2) is 0 Å². The fourth-order valence-corrected chi connectivity index (χ4v) is 0.971. The van der Waals surface area contributed by atoms with Crippen LogP contribution in [0.3, 0.4) is 0 Å². The van der Waals surface area contributed by atoms with E-state index in [2.05, 4.69) is 16.4 Å². The maximum Gasteiger partial charge on any atom is 0.208 e. The van der Waals surface area contributed by atoms with Crippen molar-refractivity contribution in [2.75, 3.05) is 6.54 Å². The lowest BCUT2D eigenvalue weighted by Gasteiger charge is -1.97. The van der Waals surface area contributed by atoms with Crippen molar-refractivity contribution in [3.05, 3.63) is 17.8 Å². The van der Waals surface area contributed by atoms with Crippen molar-refractivity contribution in [1.29, 1.82) is 5.26 Å². The second-order valence-corrected chi connectivity index (χ2v) is 2.80. The smallest absolute Gasteiger partial charge is 0.208 e. The summed E-state index contributed by atoms with van der Waals surface area (Å²) >= 11 is 0. The standard InChI is InChI=1S/C9H13N3O/c1-8-6-12-9(13-8)7-11-5-3-2-4-10/h6,11H,2-3,5,7H2,1H3. The lowest BCUT2D eigenvalue weighted by molar-refractivity contribution is 0.448. The van der Waals surface area contributed by atoms with Crippen molar-refractivity contribution in [3.8, 4) is 6.07 Å². The quantitative estimate of drug-likeness (QED) is 0.693. The van der Waals surface area contributed by atoms with Gasteiger partial charge in [0.2, 0.25) is 5.89 Å². The highest BCUT2D eigenvalue weighted by Gasteiger charge is 1.98. The van der Waals surface area contributed by atoms with E-state index in [1.165, 1.54) is 0 Å². The van der Waals surface area contributed by atoms with Gasteiger partial charge in [-0.1, -0.05) is 0 Å². The second-order valence-electron chi connectivity index (χ2n) is 2.80. The first-order valence-corrected chi connectivity index (χ1v) is 4.32. The molecule has 0 unspecified atom stereocenters. The van der Waals surface area contributed by atoms with Gasteiger partial charge < -0.3 is 9.73 Å². The Kier molecular flexibility index (Phi) is 4.00. The number of hydrogen-bond donors (Lipinski definition) is 1. The van der Waals surface area contributed by atoms with Crippen molar-refractivity contribution in [2.45, 2.75) is 26.3 Å². The Hall–Kier alpha value is -1.34. The first-order chi connectivity index (χ1) is 6.33. The Morgan fingerprint density at radius 1 is 1.69 bits per heavy atom. The molecule has 0 aliphatic heterocycles. The molecule has 4 nitrogen and oxygen atoms in total. The minimum atomic E-state index is 0.595. The molecule has 4 heteroatoms. The Balaban J connectivity index is 2.10. The van der Waals surface area contributed by atoms with Crippen LogP contribution >= 0.6 is 0 Å². The number of aromatic nitrogens is 1. The summed E-state index contributed by atoms with van der Waals surface area (Å²) in [6.45, 7) is 3.33. The van der Waals surface area contributed by atoms with Crippen LogP contribution in [0.1, 0.15) is 24.5 Å². The average Bonchev–Trinajstić information content (AvgIpc) is 2.51. The van der Waals surface area contributed by atoms with Crippen LogP contribution in [0.25, 0.3) is 0 Å². The Morgan fingerprint density at radius 3 is 3.15 bits per heavy atom. The minimum absolute atomic E-state index is 0.595. The molecule has 1 N–H and O–H groups in total. The number of nitrogens with zero attached hydrogens (tertiary/aromatic N) is 2. The number of hydrogen-bond acceptors (Lipinski definition) is 4. The van der Waals surface area contributed by atoms with E-state index in [4.69, 9.17) is 9.68 Å². The van der Waals surface area contributed by atoms with Crippen LogP contribution in [0.4, 0.5) is 0 Å². The lowest BCUT2D eigenvalue weighted by atomic mass is 10.3. The van der Waals surface area contributed by atoms with Crippen LogP contribution in [-0.4, -0.2) is 11.5 Å². The zero-order chi connectivity index (χ0) is 9.52. The number of oxazole rings is 1. The molecule has 0 saturated carbocycles. The Morgan fingerprint density at radius 2 is 2.54 bits per heavy atom. The molecule has 0 saturated heterocycles. The molecule has 0 aliphatic rings. The Bertz CT molecular complexity index is 287. The van der Waals surface area contributed by atoms with E-state index in [9.17, 15) is 0 Å². The van der Waals surface area contributed by atoms with Gasteiger partial charge in [-0.25, -0.2) is 4.98 Å². The van der Waals surface area contributed by atoms with Gasteiger partial charge in [0.25, 0.3) is 0 Å². The third kappa shape index (κ3) is 3.72. The molecule has 0 radical (unpaired) electrons. The average molecular weight is 179 g/mol. The van der Waals surface area contributed by atoms with Crippen molar-refractivity contribution in [1.82, 2.24) is 10.3 Å². The topological polar surface area (TPSA) is 61.9 Å². The third-order valence-electron chi connectivity index (χ3n) is 1.59. The largest absolute Gasteiger partial charge is 0.445 e. The summed E-state index contributed by atoms with van der Waals surface area (Å²) in [5.74, 6) is 1.53. The maximum absolute atomic E-state index is 8.28. The molecular formula is C9H13N3O. The van der Waals surface area contributed by atoms with E-state index in [1.807, 2.05) is 6.92 Å². The van der Waals surface area contributed by atoms with Gasteiger partial charge in [-0.05, 0) is 19.9 Å². The molecule has 13 heavy (non-hydrogen) atoms. The van der Waals surface area contributed by atoms with Crippen LogP contribution in [0.5, 0.6) is 0 Å². The molecule has 70 valence electrons. The number of nitriles is 1. The first-order valence-electron chi connectivity index (χ1n) is 4.32. The lowest BCUT2D eigenvalue weighted by Crippen LogP contribution is -2.14. The van der Waals surface area contributed by atoms with Crippen LogP contribution in [-0.2, 0) is 6.54 Å². The van der Waals surface area contributed by atoms with Crippen molar-refractivity contribution >= 4 is 0 Å². The summed E-state index contributed by atoms with van der Waals surface area (Å²) < 4.78 is 5.25. The summed E-state index contributed by atoms with van der Waals surface area (Å²) in [7, 11) is 0. The van der Waals surface area contributed by atoms with E-state index in [1.54, 1.807) is 6.20 Å². The zero-order valence-corrected chi connectivity index (χ0v) is 7.71. The van der Waals surface area contributed by atoms with Gasteiger partial charge in [-0.2, -0.15) is 5.26 Å². The maximum atomic E-state index is 8.28. The van der Waals surface area contributed by atoms with E-state index in [0.29, 0.717) is 18.9 Å². The Labute approximate surface area is 77.6 Å². The molecule has 1 rings (SSSR count). The van der Waals surface area contributed by atoms with E-state index >= 15 is 0 Å². The molecule has 1 heterocycles. The normalized spacial score (nSPS) is 9.85. The van der Waals surface area contributed by atoms with Gasteiger partial charge in [0, 0.05) is 6.42 Å². The third-order valence-corrected chi connectivity index (χ3v) is 1.59. The molecule has 0 spiro atoms. The molecule has 0 bridgehead atoms. The van der Waals surface area contributed by atoms with Crippen LogP contribution in [0.2, 0.25) is 0 Å². The predicted molar refractivity (Wildman–Crippen MR) is 47.8 cm³/mol. The van der Waals surface area contributed by atoms with Gasteiger partial charge in [-0.3, -0.25) is 0 Å². The molecule has 1 aromatic rings. The van der Waals surface area contributed by atoms with Crippen molar-refractivity contribution < 1.29 is 4.42 Å². The zero-order valence-electron chi connectivity index (χ0n) is 7.71. The number of unbranched alkanes of at least 4 members (excludes halogenated alkanes) is 1. The van der Waals surface area contributed by atoms with Crippen molar-refractivity contribution in [3.63, 3.8) is 0 Å². The van der Waals surface area contributed by atoms with Crippen LogP contribution in [0, 0.1) is 18.3 Å². The first kappa shape index (κ1) is 9.75. The van der Waals surface area contributed by atoms with Crippen LogP contribution < -0.4 is 5.32 Å². The van der Waals surface area contributed by atoms with Gasteiger partial charge in [-0.15, -0.1) is 0 Å². The highest BCUT2D eigenvalue weighted by Crippen LogP contribution is 2.00. The summed E-state index contributed by atoms with van der Waals surface area (Å²) in [6.07, 6.45) is 3.17. The highest BCUT2D eigenvalue weighted by molar-refractivity contribution is 4.90.